The van der Waals surface area contributed by atoms with Gasteiger partial charge in [-0.15, -0.1) is 0 Å². The molecule has 3 rings (SSSR count). The van der Waals surface area contributed by atoms with Gasteiger partial charge in [0.05, 0.1) is 0 Å². The van der Waals surface area contributed by atoms with Crippen molar-refractivity contribution >= 4 is 11.8 Å². The van der Waals surface area contributed by atoms with Crippen molar-refractivity contribution in [2.45, 2.75) is 66.1 Å². The minimum atomic E-state index is -4.81. The van der Waals surface area contributed by atoms with E-state index in [4.69, 9.17) is 0 Å². The third-order valence-corrected chi connectivity index (χ3v) is 5.70. The van der Waals surface area contributed by atoms with Gasteiger partial charge in [-0.2, -0.15) is 22.0 Å². The number of halogens is 8. The maximum absolute atomic E-state index is 14.4. The number of aliphatic hydroxyl groups excluding tert-OH is 1. The molecule has 0 heterocycles. The highest BCUT2D eigenvalue weighted by Gasteiger charge is 2.58. The van der Waals surface area contributed by atoms with E-state index in [2.05, 4.69) is 0 Å². The van der Waals surface area contributed by atoms with Gasteiger partial charge in [0, 0.05) is 28.9 Å². The lowest BCUT2D eigenvalue weighted by Gasteiger charge is -2.30. The minimum absolute atomic E-state index is 0.0225. The minimum Gasteiger partial charge on any atom is -0.382 e. The standard InChI is InChI=1S/C16H14F8OS/c17-12-10-8(7-3-5-14(18,19)6-4-7)1-2-9(26-16(22,23)24)11(10)13(25)15(12,20)21/h1-2,7,12-13,25H,3-6H2/t12-,13+/m1/s1. The number of aliphatic hydroxyl groups is 1. The second-order valence-corrected chi connectivity index (χ2v) is 7.70. The molecule has 1 nitrogen and oxygen atoms in total. The van der Waals surface area contributed by atoms with E-state index in [1.54, 1.807) is 0 Å². The number of fused-ring (bicyclic) bond motifs is 1. The molecule has 1 fully saturated rings. The van der Waals surface area contributed by atoms with E-state index < -0.39 is 76.2 Å². The quantitative estimate of drug-likeness (QED) is 0.461. The summed E-state index contributed by atoms with van der Waals surface area (Å²) in [7, 11) is 0. The molecule has 2 aliphatic carbocycles. The molecule has 2 atom stereocenters. The number of thioether (sulfide) groups is 1. The Kier molecular flexibility index (Phi) is 4.74. The van der Waals surface area contributed by atoms with Crippen LogP contribution in [0.1, 0.15) is 60.6 Å². The molecule has 0 aliphatic heterocycles. The molecule has 146 valence electrons. The summed E-state index contributed by atoms with van der Waals surface area (Å²) < 4.78 is 107. The average Bonchev–Trinajstić information content (AvgIpc) is 2.68. The van der Waals surface area contributed by atoms with Gasteiger partial charge in [-0.1, -0.05) is 6.07 Å². The summed E-state index contributed by atoms with van der Waals surface area (Å²) in [4.78, 5) is -0.704. The van der Waals surface area contributed by atoms with E-state index in [9.17, 15) is 40.2 Å². The molecule has 0 spiro atoms. The number of rotatable bonds is 2. The molecule has 0 saturated heterocycles. The van der Waals surface area contributed by atoms with Gasteiger partial charge in [0.15, 0.2) is 6.17 Å². The van der Waals surface area contributed by atoms with Gasteiger partial charge in [0.2, 0.25) is 5.92 Å². The normalized spacial score (nSPS) is 28.2. The van der Waals surface area contributed by atoms with Gasteiger partial charge in [-0.05, 0) is 42.2 Å². The Morgan fingerprint density at radius 1 is 1.00 bits per heavy atom. The lowest BCUT2D eigenvalue weighted by molar-refractivity contribution is -0.144. The van der Waals surface area contributed by atoms with E-state index in [0.29, 0.717) is 0 Å². The zero-order valence-corrected chi connectivity index (χ0v) is 13.9. The fourth-order valence-electron chi connectivity index (χ4n) is 3.64. The first-order chi connectivity index (χ1) is 11.8. The van der Waals surface area contributed by atoms with Gasteiger partial charge in [0.25, 0.3) is 0 Å². The van der Waals surface area contributed by atoms with E-state index in [1.165, 1.54) is 0 Å². The van der Waals surface area contributed by atoms with Crippen LogP contribution in [0.3, 0.4) is 0 Å². The first-order valence-corrected chi connectivity index (χ1v) is 8.65. The second kappa shape index (κ2) is 6.25. The van der Waals surface area contributed by atoms with Crippen LogP contribution in [-0.2, 0) is 0 Å². The second-order valence-electron chi connectivity index (χ2n) is 6.60. The van der Waals surface area contributed by atoms with Gasteiger partial charge in [-0.3, -0.25) is 0 Å². The predicted molar refractivity (Wildman–Crippen MR) is 78.3 cm³/mol. The van der Waals surface area contributed by atoms with Crippen LogP contribution in [0, 0.1) is 0 Å². The highest BCUT2D eigenvalue weighted by atomic mass is 32.2. The summed E-state index contributed by atoms with van der Waals surface area (Å²) >= 11 is -0.712. The van der Waals surface area contributed by atoms with Crippen LogP contribution in [-0.4, -0.2) is 22.5 Å². The monoisotopic (exact) mass is 406 g/mol. The lowest BCUT2D eigenvalue weighted by Crippen LogP contribution is -2.25. The van der Waals surface area contributed by atoms with Gasteiger partial charge < -0.3 is 5.11 Å². The molecule has 2 aliphatic rings. The highest BCUT2D eigenvalue weighted by Crippen LogP contribution is 2.58. The average molecular weight is 406 g/mol. The van der Waals surface area contributed by atoms with Gasteiger partial charge in [0.1, 0.15) is 6.10 Å². The van der Waals surface area contributed by atoms with Gasteiger partial charge in [-0.25, -0.2) is 13.2 Å². The van der Waals surface area contributed by atoms with E-state index >= 15 is 0 Å². The topological polar surface area (TPSA) is 20.2 Å². The number of hydrogen-bond donors (Lipinski definition) is 1. The Morgan fingerprint density at radius 3 is 2.12 bits per heavy atom. The van der Waals surface area contributed by atoms with E-state index in [-0.39, 0.29) is 18.4 Å². The number of benzene rings is 1. The molecule has 0 bridgehead atoms. The third kappa shape index (κ3) is 3.42. The summed E-state index contributed by atoms with van der Waals surface area (Å²) in [5.41, 5.74) is -6.32. The third-order valence-electron chi connectivity index (χ3n) is 4.89. The van der Waals surface area contributed by atoms with Crippen molar-refractivity contribution in [1.82, 2.24) is 0 Å². The highest BCUT2D eigenvalue weighted by molar-refractivity contribution is 8.00. The van der Waals surface area contributed by atoms with Crippen LogP contribution in [0.2, 0.25) is 0 Å². The Balaban J connectivity index is 2.07. The smallest absolute Gasteiger partial charge is 0.382 e. The molecule has 0 radical (unpaired) electrons. The van der Waals surface area contributed by atoms with E-state index in [1.807, 2.05) is 0 Å². The fourth-order valence-corrected chi connectivity index (χ4v) is 4.36. The first kappa shape index (κ1) is 19.7. The Hall–Kier alpha value is -1.03. The zero-order chi connectivity index (χ0) is 19.5. The molecule has 1 aromatic rings. The van der Waals surface area contributed by atoms with Crippen LogP contribution in [0.15, 0.2) is 17.0 Å². The molecule has 0 unspecified atom stereocenters. The summed E-state index contributed by atoms with van der Waals surface area (Å²) in [6.45, 7) is 0. The molecular weight excluding hydrogens is 392 g/mol. The maximum Gasteiger partial charge on any atom is 0.446 e. The molecule has 1 N–H and O–H groups in total. The van der Waals surface area contributed by atoms with Crippen LogP contribution >= 0.6 is 11.8 Å². The molecular formula is C16H14F8OS. The van der Waals surface area contributed by atoms with Crippen LogP contribution in [0.4, 0.5) is 35.1 Å². The Labute approximate surface area is 147 Å². The summed E-state index contributed by atoms with van der Waals surface area (Å²) in [6.07, 6.45) is -6.93. The van der Waals surface area contributed by atoms with Crippen LogP contribution in [0.5, 0.6) is 0 Å². The number of hydrogen-bond acceptors (Lipinski definition) is 2. The Bertz CT molecular complexity index is 692. The largest absolute Gasteiger partial charge is 0.446 e. The van der Waals surface area contributed by atoms with Crippen molar-refractivity contribution in [3.63, 3.8) is 0 Å². The van der Waals surface area contributed by atoms with Crippen molar-refractivity contribution in [3.05, 3.63) is 28.8 Å². The van der Waals surface area contributed by atoms with Crippen molar-refractivity contribution in [3.8, 4) is 0 Å². The van der Waals surface area contributed by atoms with E-state index in [0.717, 1.165) is 12.1 Å². The zero-order valence-electron chi connectivity index (χ0n) is 13.1. The Morgan fingerprint density at radius 2 is 1.58 bits per heavy atom. The maximum atomic E-state index is 14.4. The SMILES string of the molecule is O[C@H]1c2c(SC(F)(F)F)ccc(C3CCC(F)(F)CC3)c2[C@@H](F)C1(F)F. The lowest BCUT2D eigenvalue weighted by atomic mass is 9.79. The fraction of sp³-hybridized carbons (Fsp3) is 0.625. The molecule has 10 heteroatoms. The van der Waals surface area contributed by atoms with Crippen molar-refractivity contribution in [1.29, 1.82) is 0 Å². The van der Waals surface area contributed by atoms with Crippen molar-refractivity contribution < 1.29 is 40.2 Å². The molecule has 1 aromatic carbocycles. The summed E-state index contributed by atoms with van der Waals surface area (Å²) in [5.74, 6) is -7.85. The van der Waals surface area contributed by atoms with Crippen LogP contribution in [0.25, 0.3) is 0 Å². The first-order valence-electron chi connectivity index (χ1n) is 7.84. The van der Waals surface area contributed by atoms with Crippen molar-refractivity contribution in [2.24, 2.45) is 0 Å². The number of alkyl halides is 8. The summed E-state index contributed by atoms with van der Waals surface area (Å²) in [6, 6.07) is 1.98. The molecule has 0 amide bonds. The molecule has 0 aromatic heterocycles. The van der Waals surface area contributed by atoms with Crippen LogP contribution < -0.4 is 0 Å². The van der Waals surface area contributed by atoms with Crippen molar-refractivity contribution in [2.75, 3.05) is 0 Å². The molecule has 1 saturated carbocycles. The molecule has 26 heavy (non-hydrogen) atoms. The predicted octanol–water partition coefficient (Wildman–Crippen LogP) is 6.28. The summed E-state index contributed by atoms with van der Waals surface area (Å²) in [5, 5.41) is 9.77. The van der Waals surface area contributed by atoms with Gasteiger partial charge >= 0.3 is 11.4 Å².